The van der Waals surface area contributed by atoms with Crippen LogP contribution in [0.1, 0.15) is 12.8 Å². The second-order valence-electron chi connectivity index (χ2n) is 4.89. The molecule has 0 saturated carbocycles. The third-order valence-corrected chi connectivity index (χ3v) is 5.79. The summed E-state index contributed by atoms with van der Waals surface area (Å²) in [6.07, 6.45) is 6.27. The van der Waals surface area contributed by atoms with Crippen LogP contribution >= 0.6 is 11.3 Å². The lowest BCUT2D eigenvalue weighted by molar-refractivity contribution is 0.459. The number of sulfonamides is 1. The average Bonchev–Trinajstić information content (AvgIpc) is 3.03. The second-order valence-corrected chi connectivity index (χ2v) is 7.47. The summed E-state index contributed by atoms with van der Waals surface area (Å²) in [5.41, 5.74) is 0. The van der Waals surface area contributed by atoms with E-state index in [1.54, 1.807) is 35.9 Å². The summed E-state index contributed by atoms with van der Waals surface area (Å²) in [6, 6.07) is 3.14. The van der Waals surface area contributed by atoms with E-state index in [1.165, 1.54) is 6.20 Å². The molecule has 1 N–H and O–H groups in total. The molecule has 3 rings (SSSR count). The molecule has 0 radical (unpaired) electrons. The predicted octanol–water partition coefficient (Wildman–Crippen LogP) is 1.49. The van der Waals surface area contributed by atoms with Crippen LogP contribution in [0, 0.1) is 0 Å². The number of nitrogens with zero attached hydrogens (tertiary/aromatic N) is 3. The van der Waals surface area contributed by atoms with Gasteiger partial charge in [-0.15, -0.1) is 11.3 Å². The third kappa shape index (κ3) is 3.39. The van der Waals surface area contributed by atoms with E-state index in [9.17, 15) is 8.42 Å². The van der Waals surface area contributed by atoms with Gasteiger partial charge in [-0.1, -0.05) is 0 Å². The van der Waals surface area contributed by atoms with Gasteiger partial charge in [-0.05, 0) is 25.0 Å². The molecule has 0 aliphatic carbocycles. The molecule has 0 aromatic carbocycles. The zero-order chi connectivity index (χ0) is 14.7. The van der Waals surface area contributed by atoms with Gasteiger partial charge < -0.3 is 4.90 Å². The summed E-state index contributed by atoms with van der Waals surface area (Å²) >= 11 is 1.61. The van der Waals surface area contributed by atoms with Crippen LogP contribution in [0.3, 0.4) is 0 Å². The van der Waals surface area contributed by atoms with E-state index in [-0.39, 0.29) is 10.9 Å². The highest BCUT2D eigenvalue weighted by atomic mass is 32.2. The van der Waals surface area contributed by atoms with Crippen molar-refractivity contribution in [1.29, 1.82) is 0 Å². The highest BCUT2D eigenvalue weighted by molar-refractivity contribution is 7.89. The summed E-state index contributed by atoms with van der Waals surface area (Å²) in [5.74, 6) is 0. The van der Waals surface area contributed by atoms with E-state index >= 15 is 0 Å². The molecule has 2 aromatic heterocycles. The van der Waals surface area contributed by atoms with E-state index in [2.05, 4.69) is 19.6 Å². The smallest absolute Gasteiger partial charge is 0.242 e. The molecular weight excluding hydrogens is 308 g/mol. The van der Waals surface area contributed by atoms with Gasteiger partial charge in [-0.3, -0.25) is 4.98 Å². The predicted molar refractivity (Wildman–Crippen MR) is 81.9 cm³/mol. The number of thiazole rings is 1. The molecule has 21 heavy (non-hydrogen) atoms. The van der Waals surface area contributed by atoms with E-state index in [4.69, 9.17) is 0 Å². The fraction of sp³-hybridized carbons (Fsp3) is 0.385. The van der Waals surface area contributed by atoms with Crippen molar-refractivity contribution in [2.24, 2.45) is 0 Å². The van der Waals surface area contributed by atoms with Crippen LogP contribution in [0.15, 0.2) is 41.0 Å². The van der Waals surface area contributed by atoms with Gasteiger partial charge in [0.15, 0.2) is 5.13 Å². The Kier molecular flexibility index (Phi) is 4.18. The Balaban J connectivity index is 1.61. The van der Waals surface area contributed by atoms with Gasteiger partial charge in [-0.2, -0.15) is 0 Å². The molecule has 8 heteroatoms. The van der Waals surface area contributed by atoms with Crippen LogP contribution in [-0.4, -0.2) is 37.5 Å². The highest BCUT2D eigenvalue weighted by Crippen LogP contribution is 2.22. The molecule has 0 spiro atoms. The van der Waals surface area contributed by atoms with Crippen LogP contribution in [0.2, 0.25) is 0 Å². The Morgan fingerprint density at radius 2 is 2.10 bits per heavy atom. The Labute approximate surface area is 127 Å². The summed E-state index contributed by atoms with van der Waals surface area (Å²) < 4.78 is 27.2. The first kappa shape index (κ1) is 14.4. The lowest BCUT2D eigenvalue weighted by atomic mass is 10.1. The largest absolute Gasteiger partial charge is 0.348 e. The van der Waals surface area contributed by atoms with E-state index in [0.29, 0.717) is 0 Å². The minimum absolute atomic E-state index is 0.0357. The van der Waals surface area contributed by atoms with Gasteiger partial charge in [0, 0.05) is 43.1 Å². The summed E-state index contributed by atoms with van der Waals surface area (Å²) in [4.78, 5) is 10.5. The maximum atomic E-state index is 12.2. The van der Waals surface area contributed by atoms with Crippen LogP contribution in [0.25, 0.3) is 0 Å². The number of hydrogen-bond acceptors (Lipinski definition) is 6. The lowest BCUT2D eigenvalue weighted by Gasteiger charge is -2.31. The normalized spacial score (nSPS) is 17.0. The first-order chi connectivity index (χ1) is 10.1. The van der Waals surface area contributed by atoms with Crippen LogP contribution in [0.4, 0.5) is 5.13 Å². The maximum absolute atomic E-state index is 12.2. The average molecular weight is 324 g/mol. The Morgan fingerprint density at radius 1 is 1.29 bits per heavy atom. The third-order valence-electron chi connectivity index (χ3n) is 3.45. The Morgan fingerprint density at radius 3 is 2.71 bits per heavy atom. The molecule has 0 atom stereocenters. The van der Waals surface area contributed by atoms with Crippen LogP contribution in [0.5, 0.6) is 0 Å². The first-order valence-corrected chi connectivity index (χ1v) is 9.08. The molecular formula is C13H16N4O2S2. The van der Waals surface area contributed by atoms with Gasteiger partial charge in [0.25, 0.3) is 0 Å². The molecule has 1 fully saturated rings. The van der Waals surface area contributed by atoms with Gasteiger partial charge in [0.1, 0.15) is 4.90 Å². The quantitative estimate of drug-likeness (QED) is 0.922. The fourth-order valence-corrected chi connectivity index (χ4v) is 4.32. The summed E-state index contributed by atoms with van der Waals surface area (Å²) in [7, 11) is -3.48. The SMILES string of the molecule is O=S(=O)(NC1CCN(c2nccs2)CC1)c1cccnc1. The van der Waals surface area contributed by atoms with Gasteiger partial charge >= 0.3 is 0 Å². The molecule has 1 aliphatic rings. The topological polar surface area (TPSA) is 75.2 Å². The second kappa shape index (κ2) is 6.08. The van der Waals surface area contributed by atoms with E-state index < -0.39 is 10.0 Å². The fourth-order valence-electron chi connectivity index (χ4n) is 2.35. The zero-order valence-corrected chi connectivity index (χ0v) is 13.0. The number of rotatable bonds is 4. The molecule has 1 aliphatic heterocycles. The van der Waals surface area contributed by atoms with Crippen LogP contribution in [-0.2, 0) is 10.0 Å². The van der Waals surface area contributed by atoms with Crippen molar-refractivity contribution in [2.75, 3.05) is 18.0 Å². The molecule has 112 valence electrons. The molecule has 2 aromatic rings. The number of pyridine rings is 1. The van der Waals surface area contributed by atoms with Crippen molar-refractivity contribution in [1.82, 2.24) is 14.7 Å². The monoisotopic (exact) mass is 324 g/mol. The van der Waals surface area contributed by atoms with Crippen molar-refractivity contribution < 1.29 is 8.42 Å². The lowest BCUT2D eigenvalue weighted by Crippen LogP contribution is -2.44. The number of piperidine rings is 1. The number of aromatic nitrogens is 2. The Hall–Kier alpha value is -1.51. The standard InChI is InChI=1S/C13H16N4O2S2/c18-21(19,12-2-1-5-14-10-12)16-11-3-7-17(8-4-11)13-15-6-9-20-13/h1-2,5-6,9-11,16H,3-4,7-8H2. The van der Waals surface area contributed by atoms with Crippen LogP contribution < -0.4 is 9.62 Å². The van der Waals surface area contributed by atoms with Crippen molar-refractivity contribution in [3.05, 3.63) is 36.1 Å². The van der Waals surface area contributed by atoms with Gasteiger partial charge in [0.2, 0.25) is 10.0 Å². The van der Waals surface area contributed by atoms with Crippen molar-refractivity contribution in [2.45, 2.75) is 23.8 Å². The Bertz CT molecular complexity index is 665. The van der Waals surface area contributed by atoms with E-state index in [0.717, 1.165) is 31.1 Å². The van der Waals surface area contributed by atoms with Gasteiger partial charge in [-0.25, -0.2) is 18.1 Å². The van der Waals surface area contributed by atoms with Crippen molar-refractivity contribution >= 4 is 26.5 Å². The molecule has 1 saturated heterocycles. The molecule has 0 unspecified atom stereocenters. The molecule has 0 bridgehead atoms. The van der Waals surface area contributed by atoms with Crippen molar-refractivity contribution in [3.63, 3.8) is 0 Å². The molecule has 3 heterocycles. The highest BCUT2D eigenvalue weighted by Gasteiger charge is 2.25. The molecule has 0 amide bonds. The minimum Gasteiger partial charge on any atom is -0.348 e. The van der Waals surface area contributed by atoms with Crippen molar-refractivity contribution in [3.8, 4) is 0 Å². The summed E-state index contributed by atoms with van der Waals surface area (Å²) in [5, 5.41) is 2.95. The maximum Gasteiger partial charge on any atom is 0.242 e. The first-order valence-electron chi connectivity index (χ1n) is 6.72. The molecule has 6 nitrogen and oxygen atoms in total. The zero-order valence-electron chi connectivity index (χ0n) is 11.3. The number of anilines is 1. The summed E-state index contributed by atoms with van der Waals surface area (Å²) in [6.45, 7) is 1.63. The van der Waals surface area contributed by atoms with E-state index in [1.807, 2.05) is 5.38 Å². The minimum atomic E-state index is -3.48. The van der Waals surface area contributed by atoms with Gasteiger partial charge in [0.05, 0.1) is 0 Å². The number of nitrogens with one attached hydrogen (secondary N) is 1. The number of hydrogen-bond donors (Lipinski definition) is 1.